The number of hydrogen-bond acceptors (Lipinski definition) is 2. The van der Waals surface area contributed by atoms with Crippen LogP contribution in [0.1, 0.15) is 0 Å². The summed E-state index contributed by atoms with van der Waals surface area (Å²) in [6.07, 6.45) is 3.28. The summed E-state index contributed by atoms with van der Waals surface area (Å²) in [7, 11) is 0. The topological polar surface area (TPSA) is 41.8 Å². The summed E-state index contributed by atoms with van der Waals surface area (Å²) in [6, 6.07) is 1.84. The zero-order valence-electron chi connectivity index (χ0n) is 4.09. The summed E-state index contributed by atoms with van der Waals surface area (Å²) < 4.78 is 4.96. The number of aromatic amines is 1. The van der Waals surface area contributed by atoms with Crippen molar-refractivity contribution in [3.63, 3.8) is 0 Å². The van der Waals surface area contributed by atoms with Crippen molar-refractivity contribution in [3.05, 3.63) is 18.5 Å². The summed E-state index contributed by atoms with van der Waals surface area (Å²) in [5.41, 5.74) is 1.76. The van der Waals surface area contributed by atoms with Gasteiger partial charge in [-0.1, -0.05) is 0 Å². The van der Waals surface area contributed by atoms with Crippen LogP contribution in [0.2, 0.25) is 0 Å². The molecule has 40 valence electrons. The van der Waals surface area contributed by atoms with Crippen molar-refractivity contribution < 1.29 is 4.42 Å². The molecule has 0 fully saturated rings. The van der Waals surface area contributed by atoms with E-state index in [1.54, 1.807) is 12.5 Å². The highest BCUT2D eigenvalue weighted by Crippen LogP contribution is 2.08. The van der Waals surface area contributed by atoms with Crippen LogP contribution in [0.15, 0.2) is 22.9 Å². The largest absolute Gasteiger partial charge is 0.461 e. The van der Waals surface area contributed by atoms with Gasteiger partial charge in [-0.05, 0) is 0 Å². The monoisotopic (exact) mass is 108 g/mol. The molecule has 0 spiro atoms. The molecule has 8 heavy (non-hydrogen) atoms. The minimum absolute atomic E-state index is 0.810. The number of hydrogen-bond donors (Lipinski definition) is 1. The maximum absolute atomic E-state index is 4.96. The molecule has 0 radical (unpaired) electrons. The molecule has 0 aromatic carbocycles. The van der Waals surface area contributed by atoms with E-state index in [0.717, 1.165) is 11.1 Å². The molecule has 0 aliphatic heterocycles. The number of fused-ring (bicyclic) bond motifs is 1. The smallest absolute Gasteiger partial charge is 0.171 e. The summed E-state index contributed by atoms with van der Waals surface area (Å²) in [4.78, 5) is 0. The molecule has 0 amide bonds. The molecule has 0 aliphatic carbocycles. The van der Waals surface area contributed by atoms with E-state index in [9.17, 15) is 0 Å². The maximum Gasteiger partial charge on any atom is 0.171 e. The molecule has 0 unspecified atom stereocenters. The van der Waals surface area contributed by atoms with Gasteiger partial charge in [0.2, 0.25) is 0 Å². The molecule has 0 bridgehead atoms. The second kappa shape index (κ2) is 1.12. The van der Waals surface area contributed by atoms with Gasteiger partial charge in [0.15, 0.2) is 5.58 Å². The Morgan fingerprint density at radius 1 is 1.62 bits per heavy atom. The van der Waals surface area contributed by atoms with E-state index in [-0.39, 0.29) is 0 Å². The van der Waals surface area contributed by atoms with Crippen LogP contribution in [0, 0.1) is 0 Å². The molecular formula is C5H4N2O. The lowest BCUT2D eigenvalue weighted by Crippen LogP contribution is -1.58. The SMILES string of the molecule is c1cc2[nH]ncc2o1. The van der Waals surface area contributed by atoms with Gasteiger partial charge >= 0.3 is 0 Å². The van der Waals surface area contributed by atoms with E-state index in [4.69, 9.17) is 4.42 Å². The van der Waals surface area contributed by atoms with Gasteiger partial charge < -0.3 is 4.42 Å². The average Bonchev–Trinajstić information content (AvgIpc) is 2.15. The van der Waals surface area contributed by atoms with Crippen molar-refractivity contribution in [1.82, 2.24) is 10.2 Å². The first-order chi connectivity index (χ1) is 3.97. The summed E-state index contributed by atoms with van der Waals surface area (Å²) in [6.45, 7) is 0. The molecule has 3 nitrogen and oxygen atoms in total. The van der Waals surface area contributed by atoms with Gasteiger partial charge in [0, 0.05) is 6.07 Å². The van der Waals surface area contributed by atoms with Crippen molar-refractivity contribution in [2.24, 2.45) is 0 Å². The molecule has 0 aliphatic rings. The second-order valence-electron chi connectivity index (χ2n) is 1.57. The minimum Gasteiger partial charge on any atom is -0.461 e. The third-order valence-electron chi connectivity index (χ3n) is 1.06. The Morgan fingerprint density at radius 2 is 2.62 bits per heavy atom. The Kier molecular flexibility index (Phi) is 0.521. The zero-order valence-corrected chi connectivity index (χ0v) is 4.09. The van der Waals surface area contributed by atoms with Crippen LogP contribution in [-0.4, -0.2) is 10.2 Å². The van der Waals surface area contributed by atoms with Crippen LogP contribution < -0.4 is 0 Å². The Morgan fingerprint density at radius 3 is 3.50 bits per heavy atom. The first-order valence-corrected chi connectivity index (χ1v) is 2.33. The van der Waals surface area contributed by atoms with Crippen LogP contribution in [0.5, 0.6) is 0 Å². The van der Waals surface area contributed by atoms with Crippen LogP contribution in [0.3, 0.4) is 0 Å². The van der Waals surface area contributed by atoms with E-state index in [2.05, 4.69) is 10.2 Å². The lowest BCUT2D eigenvalue weighted by molar-refractivity contribution is 0.615. The number of rotatable bonds is 0. The standard InChI is InChI=1S/C5H4N2O/c1-2-8-5-3-6-7-4(1)5/h1-3H,(H,6,7). The first kappa shape index (κ1) is 3.72. The summed E-state index contributed by atoms with van der Waals surface area (Å²) in [5.74, 6) is 0. The lowest BCUT2D eigenvalue weighted by atomic mass is 10.5. The fourth-order valence-electron chi connectivity index (χ4n) is 0.674. The molecule has 3 heteroatoms. The van der Waals surface area contributed by atoms with Gasteiger partial charge in [-0.25, -0.2) is 0 Å². The summed E-state index contributed by atoms with van der Waals surface area (Å²) >= 11 is 0. The number of H-pyrrole nitrogens is 1. The molecule has 2 aromatic heterocycles. The highest BCUT2D eigenvalue weighted by atomic mass is 16.3. The Balaban J connectivity index is 3.06. The lowest BCUT2D eigenvalue weighted by Gasteiger charge is -1.63. The van der Waals surface area contributed by atoms with Crippen LogP contribution in [0.4, 0.5) is 0 Å². The molecular weight excluding hydrogens is 104 g/mol. The number of nitrogens with zero attached hydrogens (tertiary/aromatic N) is 1. The first-order valence-electron chi connectivity index (χ1n) is 2.33. The number of furan rings is 1. The molecule has 0 saturated carbocycles. The van der Waals surface area contributed by atoms with E-state index < -0.39 is 0 Å². The van der Waals surface area contributed by atoms with Gasteiger partial charge in [-0.15, -0.1) is 0 Å². The fourth-order valence-corrected chi connectivity index (χ4v) is 0.674. The van der Waals surface area contributed by atoms with Crippen molar-refractivity contribution in [3.8, 4) is 0 Å². The van der Waals surface area contributed by atoms with Gasteiger partial charge in [-0.2, -0.15) is 5.10 Å². The quantitative estimate of drug-likeness (QED) is 0.550. The van der Waals surface area contributed by atoms with Crippen LogP contribution in [0.25, 0.3) is 11.1 Å². The van der Waals surface area contributed by atoms with Gasteiger partial charge in [0.05, 0.1) is 12.5 Å². The predicted octanol–water partition coefficient (Wildman–Crippen LogP) is 1.16. The van der Waals surface area contributed by atoms with Crippen LogP contribution in [-0.2, 0) is 0 Å². The molecule has 2 heterocycles. The fraction of sp³-hybridized carbons (Fsp3) is 0. The third kappa shape index (κ3) is 0.307. The average molecular weight is 108 g/mol. The highest BCUT2D eigenvalue weighted by molar-refractivity contribution is 5.70. The normalized spacial score (nSPS) is 10.5. The van der Waals surface area contributed by atoms with Gasteiger partial charge in [0.1, 0.15) is 5.52 Å². The van der Waals surface area contributed by atoms with Crippen molar-refractivity contribution in [2.45, 2.75) is 0 Å². The molecule has 2 rings (SSSR count). The van der Waals surface area contributed by atoms with Crippen molar-refractivity contribution in [1.29, 1.82) is 0 Å². The molecule has 2 aromatic rings. The molecule has 0 saturated heterocycles. The Bertz CT molecular complexity index is 232. The number of nitrogens with one attached hydrogen (secondary N) is 1. The summed E-state index contributed by atoms with van der Waals surface area (Å²) in [5, 5.41) is 6.50. The predicted molar refractivity (Wildman–Crippen MR) is 28.4 cm³/mol. The highest BCUT2D eigenvalue weighted by Gasteiger charge is 1.93. The van der Waals surface area contributed by atoms with Gasteiger partial charge in [-0.3, -0.25) is 5.10 Å². The molecule has 0 atom stereocenters. The third-order valence-corrected chi connectivity index (χ3v) is 1.06. The minimum atomic E-state index is 0.810. The van der Waals surface area contributed by atoms with Crippen molar-refractivity contribution >= 4 is 11.1 Å². The van der Waals surface area contributed by atoms with E-state index >= 15 is 0 Å². The van der Waals surface area contributed by atoms with E-state index in [1.807, 2.05) is 6.07 Å². The van der Waals surface area contributed by atoms with Crippen LogP contribution >= 0.6 is 0 Å². The van der Waals surface area contributed by atoms with E-state index in [0.29, 0.717) is 0 Å². The molecule has 1 N–H and O–H groups in total. The second-order valence-corrected chi connectivity index (χ2v) is 1.57. The Hall–Kier alpha value is -1.25. The Labute approximate surface area is 45.3 Å². The zero-order chi connectivity index (χ0) is 5.40. The number of aromatic nitrogens is 2. The van der Waals surface area contributed by atoms with E-state index in [1.165, 1.54) is 0 Å². The van der Waals surface area contributed by atoms with Gasteiger partial charge in [0.25, 0.3) is 0 Å². The maximum atomic E-state index is 4.96. The van der Waals surface area contributed by atoms with Crippen molar-refractivity contribution in [2.75, 3.05) is 0 Å².